The van der Waals surface area contributed by atoms with Gasteiger partial charge in [-0.15, -0.1) is 0 Å². The maximum Gasteiger partial charge on any atom is 0.225 e. The fourth-order valence-electron chi connectivity index (χ4n) is 1.84. The Hall–Kier alpha value is -1.47. The first kappa shape index (κ1) is 12.0. The second-order valence-electron chi connectivity index (χ2n) is 4.04. The number of benzene rings is 1. The Morgan fingerprint density at radius 1 is 1.47 bits per heavy atom. The number of carbonyl (C=O) groups is 1. The average molecular weight is 246 g/mol. The van der Waals surface area contributed by atoms with Gasteiger partial charge in [-0.1, -0.05) is 30.3 Å². The van der Waals surface area contributed by atoms with Crippen molar-refractivity contribution < 1.29 is 4.79 Å². The quantitative estimate of drug-likeness (QED) is 0.888. The molecule has 88 valence electrons. The molecule has 0 radical (unpaired) electrons. The van der Waals surface area contributed by atoms with Gasteiger partial charge in [0.25, 0.3) is 0 Å². The summed E-state index contributed by atoms with van der Waals surface area (Å²) in [6.07, 6.45) is 0.920. The lowest BCUT2D eigenvalue weighted by Crippen LogP contribution is -2.33. The molecule has 0 spiro atoms. The summed E-state index contributed by atoms with van der Waals surface area (Å²) in [7, 11) is 0. The largest absolute Gasteiger partial charge is 0.336 e. The fourth-order valence-corrected chi connectivity index (χ4v) is 3.06. The number of nitrogens with one attached hydrogen (secondary N) is 1. The fraction of sp³-hybridized carbons (Fsp3) is 0.385. The Kier molecular flexibility index (Phi) is 4.05. The molecule has 1 N–H and O–H groups in total. The van der Waals surface area contributed by atoms with Gasteiger partial charge < -0.3 is 5.32 Å². The van der Waals surface area contributed by atoms with Crippen molar-refractivity contribution in [1.29, 1.82) is 5.26 Å². The summed E-state index contributed by atoms with van der Waals surface area (Å²) in [6, 6.07) is 11.0. The zero-order valence-electron chi connectivity index (χ0n) is 9.43. The van der Waals surface area contributed by atoms with Gasteiger partial charge in [-0.2, -0.15) is 17.0 Å². The minimum atomic E-state index is -0.533. The molecule has 1 aliphatic rings. The maximum atomic E-state index is 11.9. The number of carbonyl (C=O) groups excluding carboxylic acids is 1. The standard InChI is InChI=1S/C13H14N2OS/c14-8-12(10-4-2-1-3-5-10)15-13(16)11-6-7-17-9-11/h1-5,11-12H,6-7,9H2,(H,15,16). The van der Waals surface area contributed by atoms with E-state index in [0.717, 1.165) is 23.5 Å². The van der Waals surface area contributed by atoms with E-state index in [9.17, 15) is 4.79 Å². The van der Waals surface area contributed by atoms with Gasteiger partial charge in [0.1, 0.15) is 6.04 Å². The first-order valence-electron chi connectivity index (χ1n) is 5.64. The summed E-state index contributed by atoms with van der Waals surface area (Å²) >= 11 is 1.80. The molecule has 17 heavy (non-hydrogen) atoms. The molecule has 2 unspecified atom stereocenters. The van der Waals surface area contributed by atoms with Gasteiger partial charge in [-0.3, -0.25) is 4.79 Å². The molecule has 2 atom stereocenters. The van der Waals surface area contributed by atoms with Crippen LogP contribution in [0.1, 0.15) is 18.0 Å². The van der Waals surface area contributed by atoms with Crippen LogP contribution < -0.4 is 5.32 Å². The molecule has 0 aliphatic carbocycles. The molecule has 0 saturated carbocycles. The second-order valence-corrected chi connectivity index (χ2v) is 5.19. The molecular formula is C13H14N2OS. The van der Waals surface area contributed by atoms with E-state index in [1.165, 1.54) is 0 Å². The van der Waals surface area contributed by atoms with Crippen LogP contribution in [0.2, 0.25) is 0 Å². The van der Waals surface area contributed by atoms with E-state index < -0.39 is 6.04 Å². The van der Waals surface area contributed by atoms with Gasteiger partial charge in [-0.05, 0) is 17.7 Å². The number of amides is 1. The SMILES string of the molecule is N#CC(NC(=O)C1CCSC1)c1ccccc1. The predicted molar refractivity (Wildman–Crippen MR) is 68.4 cm³/mol. The van der Waals surface area contributed by atoms with Crippen LogP contribution in [-0.4, -0.2) is 17.4 Å². The topological polar surface area (TPSA) is 52.9 Å². The first-order chi connectivity index (χ1) is 8.31. The van der Waals surface area contributed by atoms with Gasteiger partial charge in [0, 0.05) is 11.7 Å². The smallest absolute Gasteiger partial charge is 0.225 e. The molecule has 1 aliphatic heterocycles. The van der Waals surface area contributed by atoms with E-state index in [4.69, 9.17) is 5.26 Å². The number of nitrogens with zero attached hydrogens (tertiary/aromatic N) is 1. The Morgan fingerprint density at radius 2 is 2.24 bits per heavy atom. The number of nitriles is 1. The van der Waals surface area contributed by atoms with Gasteiger partial charge >= 0.3 is 0 Å². The summed E-state index contributed by atoms with van der Waals surface area (Å²) in [4.78, 5) is 11.9. The lowest BCUT2D eigenvalue weighted by atomic mass is 10.1. The molecule has 1 heterocycles. The van der Waals surface area contributed by atoms with E-state index in [2.05, 4.69) is 11.4 Å². The highest BCUT2D eigenvalue weighted by molar-refractivity contribution is 7.99. The number of rotatable bonds is 3. The van der Waals surface area contributed by atoms with Crippen LogP contribution in [0.15, 0.2) is 30.3 Å². The Morgan fingerprint density at radius 3 is 2.82 bits per heavy atom. The molecule has 2 rings (SSSR count). The summed E-state index contributed by atoms with van der Waals surface area (Å²) in [6.45, 7) is 0. The van der Waals surface area contributed by atoms with Crippen LogP contribution in [0, 0.1) is 17.2 Å². The first-order valence-corrected chi connectivity index (χ1v) is 6.79. The molecule has 4 heteroatoms. The van der Waals surface area contributed by atoms with E-state index in [1.54, 1.807) is 11.8 Å². The van der Waals surface area contributed by atoms with Crippen molar-refractivity contribution in [2.75, 3.05) is 11.5 Å². The van der Waals surface area contributed by atoms with Crippen molar-refractivity contribution >= 4 is 17.7 Å². The normalized spacial score (nSPS) is 20.5. The van der Waals surface area contributed by atoms with Crippen molar-refractivity contribution in [3.63, 3.8) is 0 Å². The van der Waals surface area contributed by atoms with Crippen LogP contribution in [-0.2, 0) is 4.79 Å². The summed E-state index contributed by atoms with van der Waals surface area (Å²) in [5.74, 6) is 1.99. The third-order valence-corrected chi connectivity index (χ3v) is 4.01. The van der Waals surface area contributed by atoms with Crippen molar-refractivity contribution in [3.05, 3.63) is 35.9 Å². The third kappa shape index (κ3) is 3.01. The molecule has 1 fully saturated rings. The zero-order chi connectivity index (χ0) is 12.1. The van der Waals surface area contributed by atoms with Crippen molar-refractivity contribution in [3.8, 4) is 6.07 Å². The zero-order valence-corrected chi connectivity index (χ0v) is 10.2. The molecule has 1 saturated heterocycles. The predicted octanol–water partition coefficient (Wildman–Crippen LogP) is 2.12. The summed E-state index contributed by atoms with van der Waals surface area (Å²) < 4.78 is 0. The summed E-state index contributed by atoms with van der Waals surface area (Å²) in [5.41, 5.74) is 0.842. The number of thioether (sulfide) groups is 1. The molecule has 0 bridgehead atoms. The third-order valence-electron chi connectivity index (χ3n) is 2.85. The van der Waals surface area contributed by atoms with Crippen LogP contribution in [0.25, 0.3) is 0 Å². The Labute approximate surface area is 105 Å². The van der Waals surface area contributed by atoms with Gasteiger partial charge in [0.05, 0.1) is 6.07 Å². The minimum absolute atomic E-state index is 0.00500. The van der Waals surface area contributed by atoms with Crippen molar-refractivity contribution in [2.45, 2.75) is 12.5 Å². The lowest BCUT2D eigenvalue weighted by molar-refractivity contribution is -0.124. The molecule has 1 aromatic rings. The van der Waals surface area contributed by atoms with Crippen LogP contribution in [0.5, 0.6) is 0 Å². The van der Waals surface area contributed by atoms with Gasteiger partial charge in [-0.25, -0.2) is 0 Å². The molecule has 3 nitrogen and oxygen atoms in total. The van der Waals surface area contributed by atoms with Gasteiger partial charge in [0.15, 0.2) is 0 Å². The lowest BCUT2D eigenvalue weighted by Gasteiger charge is -2.14. The second kappa shape index (κ2) is 5.74. The van der Waals surface area contributed by atoms with E-state index in [1.807, 2.05) is 30.3 Å². The molecule has 0 aromatic heterocycles. The van der Waals surface area contributed by atoms with Crippen LogP contribution >= 0.6 is 11.8 Å². The van der Waals surface area contributed by atoms with Crippen LogP contribution in [0.4, 0.5) is 0 Å². The minimum Gasteiger partial charge on any atom is -0.336 e. The monoisotopic (exact) mass is 246 g/mol. The van der Waals surface area contributed by atoms with E-state index >= 15 is 0 Å². The van der Waals surface area contributed by atoms with E-state index in [0.29, 0.717) is 0 Å². The maximum absolute atomic E-state index is 11.9. The van der Waals surface area contributed by atoms with Gasteiger partial charge in [0.2, 0.25) is 5.91 Å². The molecule has 1 aromatic carbocycles. The highest BCUT2D eigenvalue weighted by Gasteiger charge is 2.25. The Balaban J connectivity index is 2.01. The van der Waals surface area contributed by atoms with Crippen molar-refractivity contribution in [2.24, 2.45) is 5.92 Å². The van der Waals surface area contributed by atoms with E-state index in [-0.39, 0.29) is 11.8 Å². The van der Waals surface area contributed by atoms with Crippen molar-refractivity contribution in [1.82, 2.24) is 5.32 Å². The molecular weight excluding hydrogens is 232 g/mol. The number of hydrogen-bond donors (Lipinski definition) is 1. The average Bonchev–Trinajstić information content (AvgIpc) is 2.90. The Bertz CT molecular complexity index is 421. The highest BCUT2D eigenvalue weighted by Crippen LogP contribution is 2.24. The highest BCUT2D eigenvalue weighted by atomic mass is 32.2. The summed E-state index contributed by atoms with van der Waals surface area (Å²) in [5, 5.41) is 11.9. The number of hydrogen-bond acceptors (Lipinski definition) is 3. The van der Waals surface area contributed by atoms with Crippen LogP contribution in [0.3, 0.4) is 0 Å². The molecule has 1 amide bonds.